The highest BCUT2D eigenvalue weighted by atomic mass is 35.5. The van der Waals surface area contributed by atoms with Gasteiger partial charge in [-0.15, -0.1) is 0 Å². The van der Waals surface area contributed by atoms with Crippen LogP contribution in [-0.4, -0.2) is 12.5 Å². The quantitative estimate of drug-likeness (QED) is 0.849. The van der Waals surface area contributed by atoms with E-state index in [1.54, 1.807) is 23.1 Å². The third kappa shape index (κ3) is 2.60. The molecular weight excluding hydrogens is 271 g/mol. The van der Waals surface area contributed by atoms with Gasteiger partial charge in [-0.25, -0.2) is 0 Å². The van der Waals surface area contributed by atoms with Crippen molar-refractivity contribution in [1.29, 1.82) is 5.26 Å². The second-order valence-corrected chi connectivity index (χ2v) is 5.09. The lowest BCUT2D eigenvalue weighted by Gasteiger charge is -2.17. The minimum Gasteiger partial charge on any atom is -0.312 e. The monoisotopic (exact) mass is 282 g/mol. The van der Waals surface area contributed by atoms with Crippen LogP contribution in [0.25, 0.3) is 0 Å². The third-order valence-electron chi connectivity index (χ3n) is 3.14. The molecule has 1 saturated heterocycles. The fourth-order valence-electron chi connectivity index (χ4n) is 2.15. The Hall–Kier alpha value is -1.24. The lowest BCUT2D eigenvalue weighted by Crippen LogP contribution is -2.26. The van der Waals surface area contributed by atoms with Gasteiger partial charge in [0.15, 0.2) is 0 Å². The second-order valence-electron chi connectivity index (χ2n) is 4.27. The van der Waals surface area contributed by atoms with E-state index in [0.717, 1.165) is 12.1 Å². The van der Waals surface area contributed by atoms with Gasteiger partial charge in [0, 0.05) is 24.6 Å². The molecule has 5 heteroatoms. The number of hydrogen-bond donors (Lipinski definition) is 0. The number of halogens is 2. The SMILES string of the molecule is N#CCCC1CCN(c2ccc(Cl)c(Cl)c2)C1=O. The van der Waals surface area contributed by atoms with Gasteiger partial charge in [0.25, 0.3) is 0 Å². The highest BCUT2D eigenvalue weighted by Crippen LogP contribution is 2.32. The number of benzene rings is 1. The van der Waals surface area contributed by atoms with Crippen LogP contribution in [0.2, 0.25) is 10.0 Å². The van der Waals surface area contributed by atoms with E-state index in [4.69, 9.17) is 28.5 Å². The molecule has 0 bridgehead atoms. The van der Waals surface area contributed by atoms with Crippen molar-refractivity contribution >= 4 is 34.8 Å². The first-order chi connectivity index (χ1) is 8.63. The predicted molar refractivity (Wildman–Crippen MR) is 71.8 cm³/mol. The van der Waals surface area contributed by atoms with Gasteiger partial charge < -0.3 is 4.90 Å². The molecule has 1 aliphatic rings. The molecule has 0 spiro atoms. The molecule has 1 aromatic rings. The fraction of sp³-hybridized carbons (Fsp3) is 0.385. The minimum absolute atomic E-state index is 0.0425. The van der Waals surface area contributed by atoms with E-state index < -0.39 is 0 Å². The Morgan fingerprint density at radius 1 is 1.39 bits per heavy atom. The van der Waals surface area contributed by atoms with Crippen LogP contribution in [0.4, 0.5) is 5.69 Å². The van der Waals surface area contributed by atoms with Crippen LogP contribution in [0.3, 0.4) is 0 Å². The summed E-state index contributed by atoms with van der Waals surface area (Å²) in [5.41, 5.74) is 0.772. The van der Waals surface area contributed by atoms with Gasteiger partial charge in [0.1, 0.15) is 0 Å². The van der Waals surface area contributed by atoms with Crippen molar-refractivity contribution in [2.75, 3.05) is 11.4 Å². The summed E-state index contributed by atoms with van der Waals surface area (Å²) in [7, 11) is 0. The van der Waals surface area contributed by atoms with Gasteiger partial charge in [-0.3, -0.25) is 4.79 Å². The highest BCUT2D eigenvalue weighted by molar-refractivity contribution is 6.42. The molecule has 1 amide bonds. The first kappa shape index (κ1) is 13.2. The molecule has 0 N–H and O–H groups in total. The van der Waals surface area contributed by atoms with Gasteiger partial charge in [-0.1, -0.05) is 23.2 Å². The van der Waals surface area contributed by atoms with E-state index in [0.29, 0.717) is 29.4 Å². The van der Waals surface area contributed by atoms with E-state index in [-0.39, 0.29) is 11.8 Å². The van der Waals surface area contributed by atoms with Crippen molar-refractivity contribution in [2.45, 2.75) is 19.3 Å². The zero-order valence-corrected chi connectivity index (χ0v) is 11.2. The van der Waals surface area contributed by atoms with Crippen molar-refractivity contribution in [3.8, 4) is 6.07 Å². The van der Waals surface area contributed by atoms with Gasteiger partial charge in [-0.05, 0) is 31.0 Å². The zero-order valence-electron chi connectivity index (χ0n) is 9.70. The molecule has 2 rings (SSSR count). The second kappa shape index (κ2) is 5.60. The predicted octanol–water partition coefficient (Wildman–Crippen LogP) is 3.65. The van der Waals surface area contributed by atoms with Gasteiger partial charge >= 0.3 is 0 Å². The van der Waals surface area contributed by atoms with Crippen LogP contribution in [0, 0.1) is 17.2 Å². The number of rotatable bonds is 3. The van der Waals surface area contributed by atoms with Crippen LogP contribution >= 0.6 is 23.2 Å². The average molecular weight is 283 g/mol. The summed E-state index contributed by atoms with van der Waals surface area (Å²) in [6.07, 6.45) is 1.85. The molecule has 1 heterocycles. The number of nitrogens with zero attached hydrogens (tertiary/aromatic N) is 2. The van der Waals surface area contributed by atoms with Crippen LogP contribution in [-0.2, 0) is 4.79 Å². The Labute approximate surface area is 116 Å². The number of hydrogen-bond acceptors (Lipinski definition) is 2. The number of anilines is 1. The summed E-state index contributed by atoms with van der Waals surface area (Å²) in [6.45, 7) is 0.674. The Bertz CT molecular complexity index is 510. The Morgan fingerprint density at radius 3 is 2.83 bits per heavy atom. The largest absolute Gasteiger partial charge is 0.312 e. The summed E-state index contributed by atoms with van der Waals surface area (Å²) < 4.78 is 0. The maximum Gasteiger partial charge on any atom is 0.230 e. The van der Waals surface area contributed by atoms with Crippen LogP contribution in [0.1, 0.15) is 19.3 Å². The number of amides is 1. The highest BCUT2D eigenvalue weighted by Gasteiger charge is 2.32. The van der Waals surface area contributed by atoms with Crippen LogP contribution in [0.5, 0.6) is 0 Å². The molecule has 18 heavy (non-hydrogen) atoms. The van der Waals surface area contributed by atoms with Crippen molar-refractivity contribution in [1.82, 2.24) is 0 Å². The molecule has 1 atom stereocenters. The molecule has 0 aromatic heterocycles. The Morgan fingerprint density at radius 2 is 2.17 bits per heavy atom. The molecule has 0 aliphatic carbocycles. The molecule has 0 radical (unpaired) electrons. The van der Waals surface area contributed by atoms with E-state index in [2.05, 4.69) is 6.07 Å². The fourth-order valence-corrected chi connectivity index (χ4v) is 2.45. The van der Waals surface area contributed by atoms with Crippen LogP contribution in [0.15, 0.2) is 18.2 Å². The molecule has 0 saturated carbocycles. The van der Waals surface area contributed by atoms with E-state index in [1.165, 1.54) is 0 Å². The number of carbonyl (C=O) groups is 1. The molecular formula is C13H12Cl2N2O. The smallest absolute Gasteiger partial charge is 0.230 e. The normalized spacial score (nSPS) is 19.1. The van der Waals surface area contributed by atoms with Crippen molar-refractivity contribution < 1.29 is 4.79 Å². The Balaban J connectivity index is 2.13. The Kier molecular flexibility index (Phi) is 4.11. The number of carbonyl (C=O) groups excluding carboxylic acids is 1. The topological polar surface area (TPSA) is 44.1 Å². The van der Waals surface area contributed by atoms with Crippen molar-refractivity contribution in [3.05, 3.63) is 28.2 Å². The molecule has 94 valence electrons. The minimum atomic E-state index is -0.0425. The first-order valence-electron chi connectivity index (χ1n) is 5.77. The number of nitriles is 1. The van der Waals surface area contributed by atoms with Crippen molar-refractivity contribution in [3.63, 3.8) is 0 Å². The lowest BCUT2D eigenvalue weighted by molar-refractivity contribution is -0.120. The van der Waals surface area contributed by atoms with Gasteiger partial charge in [-0.2, -0.15) is 5.26 Å². The molecule has 1 fully saturated rings. The average Bonchev–Trinajstić information content (AvgIpc) is 2.72. The van der Waals surface area contributed by atoms with E-state index in [1.807, 2.05) is 0 Å². The van der Waals surface area contributed by atoms with Crippen molar-refractivity contribution in [2.24, 2.45) is 5.92 Å². The molecule has 1 aromatic carbocycles. The molecule has 3 nitrogen and oxygen atoms in total. The van der Waals surface area contributed by atoms with E-state index in [9.17, 15) is 4.79 Å². The zero-order chi connectivity index (χ0) is 13.1. The summed E-state index contributed by atoms with van der Waals surface area (Å²) in [5, 5.41) is 9.48. The summed E-state index contributed by atoms with van der Waals surface area (Å²) in [4.78, 5) is 13.9. The maximum absolute atomic E-state index is 12.1. The van der Waals surface area contributed by atoms with Crippen LogP contribution < -0.4 is 4.90 Å². The maximum atomic E-state index is 12.1. The van der Waals surface area contributed by atoms with Gasteiger partial charge in [0.05, 0.1) is 16.1 Å². The van der Waals surface area contributed by atoms with E-state index >= 15 is 0 Å². The van der Waals surface area contributed by atoms with Gasteiger partial charge in [0.2, 0.25) is 5.91 Å². The summed E-state index contributed by atoms with van der Waals surface area (Å²) in [5.74, 6) is 0.0303. The third-order valence-corrected chi connectivity index (χ3v) is 3.87. The first-order valence-corrected chi connectivity index (χ1v) is 6.52. The molecule has 1 unspecified atom stereocenters. The lowest BCUT2D eigenvalue weighted by atomic mass is 10.0. The summed E-state index contributed by atoms with van der Waals surface area (Å²) >= 11 is 11.8. The molecule has 1 aliphatic heterocycles. The summed E-state index contributed by atoms with van der Waals surface area (Å²) in [6, 6.07) is 7.26. The standard InChI is InChI=1S/C13H12Cl2N2O/c14-11-4-3-10(8-12(11)15)17-7-5-9(13(17)18)2-1-6-16/h3-4,8-9H,1-2,5,7H2.